The summed E-state index contributed by atoms with van der Waals surface area (Å²) in [5.41, 5.74) is 7.33. The minimum atomic E-state index is -3.60. The molecule has 1 aliphatic rings. The van der Waals surface area contributed by atoms with Crippen LogP contribution >= 0.6 is 0 Å². The second-order valence-electron chi connectivity index (χ2n) is 11.2. The third-order valence-electron chi connectivity index (χ3n) is 8.31. The van der Waals surface area contributed by atoms with Crippen LogP contribution in [-0.2, 0) is 27.8 Å². The monoisotopic (exact) mass is 599 g/mol. The van der Waals surface area contributed by atoms with Gasteiger partial charge in [-0.25, -0.2) is 8.42 Å². The number of para-hydroxylation sites is 1. The fourth-order valence-electron chi connectivity index (χ4n) is 5.96. The van der Waals surface area contributed by atoms with E-state index in [1.807, 2.05) is 78.9 Å². The molecule has 1 aliphatic heterocycles. The molecule has 1 fully saturated rings. The maximum absolute atomic E-state index is 13.4. The predicted octanol–water partition coefficient (Wildman–Crippen LogP) is 8.34. The summed E-state index contributed by atoms with van der Waals surface area (Å²) in [7, 11) is -3.60. The van der Waals surface area contributed by atoms with Gasteiger partial charge in [0, 0.05) is 30.5 Å². The summed E-state index contributed by atoms with van der Waals surface area (Å²) in [5.74, 6) is 0.939. The number of hydrogen-bond donors (Lipinski definition) is 0. The van der Waals surface area contributed by atoms with Gasteiger partial charge < -0.3 is 9.15 Å². The highest BCUT2D eigenvalue weighted by Gasteiger charge is 2.33. The van der Waals surface area contributed by atoms with Gasteiger partial charge in [0.05, 0.1) is 17.6 Å². The van der Waals surface area contributed by atoms with E-state index >= 15 is 0 Å². The van der Waals surface area contributed by atoms with E-state index in [0.717, 1.165) is 44.5 Å². The van der Waals surface area contributed by atoms with Crippen molar-refractivity contribution in [2.45, 2.75) is 30.4 Å². The zero-order valence-corrected chi connectivity index (χ0v) is 25.1. The van der Waals surface area contributed by atoms with Gasteiger partial charge in [0.15, 0.2) is 0 Å². The second kappa shape index (κ2) is 12.2. The maximum atomic E-state index is 13.4. The molecule has 1 aromatic heterocycles. The lowest BCUT2D eigenvalue weighted by atomic mass is 9.96. The molecule has 0 N–H and O–H groups in total. The third kappa shape index (κ3) is 5.84. The van der Waals surface area contributed by atoms with Crippen molar-refractivity contribution < 1.29 is 17.6 Å². The Morgan fingerprint density at radius 1 is 0.682 bits per heavy atom. The molecule has 0 saturated carbocycles. The van der Waals surface area contributed by atoms with Gasteiger partial charge in [0.2, 0.25) is 10.0 Å². The minimum Gasteiger partial charge on any atom is -0.460 e. The fourth-order valence-corrected chi connectivity index (χ4v) is 7.44. The van der Waals surface area contributed by atoms with E-state index < -0.39 is 10.0 Å². The molecule has 7 rings (SSSR count). The van der Waals surface area contributed by atoms with Crippen LogP contribution in [0, 0.1) is 0 Å². The summed E-state index contributed by atoms with van der Waals surface area (Å²) in [6.45, 7) is 1.31. The second-order valence-corrected chi connectivity index (χ2v) is 13.2. The average molecular weight is 600 g/mol. The van der Waals surface area contributed by atoms with Gasteiger partial charge in [-0.3, -0.25) is 0 Å². The quantitative estimate of drug-likeness (QED) is 0.168. The zero-order chi connectivity index (χ0) is 29.9. The molecule has 0 bridgehead atoms. The molecule has 2 heterocycles. The maximum Gasteiger partial charge on any atom is 0.243 e. The van der Waals surface area contributed by atoms with Crippen molar-refractivity contribution in [1.82, 2.24) is 4.31 Å². The van der Waals surface area contributed by atoms with Crippen LogP contribution in [0.2, 0.25) is 0 Å². The first-order valence-corrected chi connectivity index (χ1v) is 16.4. The van der Waals surface area contributed by atoms with Crippen molar-refractivity contribution in [3.63, 3.8) is 0 Å². The third-order valence-corrected chi connectivity index (χ3v) is 10.2. The zero-order valence-electron chi connectivity index (χ0n) is 24.3. The number of fused-ring (bicyclic) bond motifs is 1. The average Bonchev–Trinajstić information content (AvgIpc) is 3.70. The number of furan rings is 1. The molecule has 6 heteroatoms. The molecular weight excluding hydrogens is 566 g/mol. The van der Waals surface area contributed by atoms with E-state index in [1.165, 1.54) is 9.87 Å². The van der Waals surface area contributed by atoms with Gasteiger partial charge in [-0.05, 0) is 52.4 Å². The number of hydrogen-bond acceptors (Lipinski definition) is 4. The smallest absolute Gasteiger partial charge is 0.243 e. The molecule has 1 saturated heterocycles. The van der Waals surface area contributed by atoms with Crippen LogP contribution in [0.15, 0.2) is 143 Å². The van der Waals surface area contributed by atoms with Gasteiger partial charge in [-0.2, -0.15) is 4.31 Å². The Hall–Kier alpha value is -4.49. The highest BCUT2D eigenvalue weighted by atomic mass is 32.2. The number of benzene rings is 5. The lowest BCUT2D eigenvalue weighted by molar-refractivity contribution is 0.0509. The normalized spacial score (nSPS) is 15.6. The van der Waals surface area contributed by atoms with E-state index in [9.17, 15) is 8.42 Å². The Labute approximate surface area is 258 Å². The molecule has 1 atom stereocenters. The Bertz CT molecular complexity index is 1970. The topological polar surface area (TPSA) is 59.8 Å². The summed E-state index contributed by atoms with van der Waals surface area (Å²) >= 11 is 0. The molecular formula is C38H33NO4S. The van der Waals surface area contributed by atoms with Crippen molar-refractivity contribution >= 4 is 21.0 Å². The predicted molar refractivity (Wildman–Crippen MR) is 175 cm³/mol. The highest BCUT2D eigenvalue weighted by Crippen LogP contribution is 2.37. The van der Waals surface area contributed by atoms with E-state index in [0.29, 0.717) is 37.4 Å². The number of rotatable bonds is 9. The number of sulfonamides is 1. The molecule has 44 heavy (non-hydrogen) atoms. The Kier molecular flexibility index (Phi) is 7.88. The molecule has 5 nitrogen and oxygen atoms in total. The molecule has 0 spiro atoms. The first-order chi connectivity index (χ1) is 21.5. The Morgan fingerprint density at radius 3 is 1.98 bits per heavy atom. The molecule has 0 aliphatic carbocycles. The van der Waals surface area contributed by atoms with Crippen LogP contribution in [0.1, 0.15) is 23.3 Å². The lowest BCUT2D eigenvalue weighted by Crippen LogP contribution is -2.30. The Morgan fingerprint density at radius 2 is 1.27 bits per heavy atom. The van der Waals surface area contributed by atoms with Gasteiger partial charge in [-0.15, -0.1) is 0 Å². The van der Waals surface area contributed by atoms with Gasteiger partial charge in [0.25, 0.3) is 0 Å². The van der Waals surface area contributed by atoms with E-state index in [4.69, 9.17) is 9.15 Å². The van der Waals surface area contributed by atoms with Crippen molar-refractivity contribution in [3.05, 3.63) is 150 Å². The largest absolute Gasteiger partial charge is 0.460 e. The first-order valence-electron chi connectivity index (χ1n) is 15.0. The van der Waals surface area contributed by atoms with E-state index in [1.54, 1.807) is 12.1 Å². The van der Waals surface area contributed by atoms with Crippen molar-refractivity contribution in [1.29, 1.82) is 0 Å². The lowest BCUT2D eigenvalue weighted by Gasteiger charge is -2.17. The molecule has 220 valence electrons. The summed E-state index contributed by atoms with van der Waals surface area (Å²) in [5, 5.41) is 1.09. The summed E-state index contributed by atoms with van der Waals surface area (Å²) in [4.78, 5) is 0.303. The molecule has 1 unspecified atom stereocenters. The minimum absolute atomic E-state index is 0.108. The SMILES string of the molecule is O=S(=O)(c1ccc(-c2ccc(-c3c(Cc4ccccc4)oc4ccccc34)cc2)cc1)N1CCC(OCc2ccccc2)C1. The van der Waals surface area contributed by atoms with Gasteiger partial charge >= 0.3 is 0 Å². The fraction of sp³-hybridized carbons (Fsp3) is 0.158. The molecule has 0 radical (unpaired) electrons. The summed E-state index contributed by atoms with van der Waals surface area (Å²) in [6, 6.07) is 44.0. The van der Waals surface area contributed by atoms with Crippen LogP contribution in [0.25, 0.3) is 33.2 Å². The summed E-state index contributed by atoms with van der Waals surface area (Å²) in [6.07, 6.45) is 1.29. The van der Waals surface area contributed by atoms with Crippen molar-refractivity contribution in [3.8, 4) is 22.3 Å². The number of ether oxygens (including phenoxy) is 1. The van der Waals surface area contributed by atoms with Crippen LogP contribution in [0.4, 0.5) is 0 Å². The van der Waals surface area contributed by atoms with Gasteiger partial charge in [-0.1, -0.05) is 115 Å². The van der Waals surface area contributed by atoms with Crippen LogP contribution < -0.4 is 0 Å². The Balaban J connectivity index is 1.07. The van der Waals surface area contributed by atoms with Crippen LogP contribution in [0.5, 0.6) is 0 Å². The van der Waals surface area contributed by atoms with Crippen LogP contribution in [0.3, 0.4) is 0 Å². The first kappa shape index (κ1) is 28.3. The van der Waals surface area contributed by atoms with Gasteiger partial charge in [0.1, 0.15) is 11.3 Å². The molecule has 6 aromatic rings. The standard InChI is InChI=1S/C38H33NO4S/c40-44(41,39-24-23-33(26-39)42-27-29-11-5-2-6-12-29)34-21-19-31(20-22-34)30-15-17-32(18-16-30)38-35-13-7-8-14-36(35)43-37(38)25-28-9-3-1-4-10-28/h1-22,33H,23-27H2. The van der Waals surface area contributed by atoms with E-state index in [2.05, 4.69) is 42.5 Å². The van der Waals surface area contributed by atoms with E-state index in [-0.39, 0.29) is 6.10 Å². The summed E-state index contributed by atoms with van der Waals surface area (Å²) < 4.78 is 40.7. The highest BCUT2D eigenvalue weighted by molar-refractivity contribution is 7.89. The number of nitrogens with zero attached hydrogens (tertiary/aromatic N) is 1. The molecule has 5 aromatic carbocycles. The van der Waals surface area contributed by atoms with Crippen molar-refractivity contribution in [2.75, 3.05) is 13.1 Å². The van der Waals surface area contributed by atoms with Crippen LogP contribution in [-0.4, -0.2) is 31.9 Å². The molecule has 0 amide bonds. The van der Waals surface area contributed by atoms with Crippen molar-refractivity contribution in [2.24, 2.45) is 0 Å².